The zero-order valence-corrected chi connectivity index (χ0v) is 15.5. The number of nitrogens with one attached hydrogen (secondary N) is 1. The van der Waals surface area contributed by atoms with Gasteiger partial charge in [0, 0.05) is 16.9 Å². The number of hydrogen-bond donors (Lipinski definition) is 1. The summed E-state index contributed by atoms with van der Waals surface area (Å²) in [4.78, 5) is 25.4. The van der Waals surface area contributed by atoms with Gasteiger partial charge >= 0.3 is 5.97 Å². The van der Waals surface area contributed by atoms with Crippen LogP contribution in [0.4, 0.5) is 5.00 Å². The van der Waals surface area contributed by atoms with E-state index < -0.39 is 5.97 Å². The van der Waals surface area contributed by atoms with E-state index in [-0.39, 0.29) is 11.8 Å². The second-order valence-electron chi connectivity index (χ2n) is 6.24. The minimum Gasteiger partial charge on any atom is -0.465 e. The van der Waals surface area contributed by atoms with Crippen LogP contribution in [0.15, 0.2) is 24.3 Å². The van der Waals surface area contributed by atoms with Crippen molar-refractivity contribution in [3.05, 3.63) is 40.3 Å². The standard InChI is InChI=1S/C19H23NO3S/c1-11(2)10-15(21)20-18-17(19(22)23-5)16(13(4)24-18)14-8-6-12(3)7-9-14/h6-9,11H,10H2,1-5H3,(H,20,21). The Balaban J connectivity index is 2.49. The first-order chi connectivity index (χ1) is 11.3. The van der Waals surface area contributed by atoms with Gasteiger partial charge in [-0.05, 0) is 25.3 Å². The normalized spacial score (nSPS) is 10.8. The molecule has 0 fully saturated rings. The molecule has 1 N–H and O–H groups in total. The minimum absolute atomic E-state index is 0.0909. The lowest BCUT2D eigenvalue weighted by Crippen LogP contribution is -2.15. The lowest BCUT2D eigenvalue weighted by atomic mass is 10.0. The van der Waals surface area contributed by atoms with Crippen molar-refractivity contribution in [2.24, 2.45) is 5.92 Å². The van der Waals surface area contributed by atoms with Crippen molar-refractivity contribution in [2.45, 2.75) is 34.1 Å². The van der Waals surface area contributed by atoms with E-state index >= 15 is 0 Å². The van der Waals surface area contributed by atoms with E-state index in [1.54, 1.807) is 0 Å². The Bertz CT molecular complexity index is 745. The van der Waals surface area contributed by atoms with Gasteiger partial charge in [0.1, 0.15) is 10.6 Å². The van der Waals surface area contributed by atoms with Gasteiger partial charge in [-0.15, -0.1) is 11.3 Å². The van der Waals surface area contributed by atoms with Gasteiger partial charge in [-0.2, -0.15) is 0 Å². The van der Waals surface area contributed by atoms with Crippen molar-refractivity contribution in [1.82, 2.24) is 0 Å². The van der Waals surface area contributed by atoms with Crippen molar-refractivity contribution >= 4 is 28.2 Å². The van der Waals surface area contributed by atoms with Gasteiger partial charge in [0.05, 0.1) is 7.11 Å². The fourth-order valence-electron chi connectivity index (χ4n) is 2.55. The first kappa shape index (κ1) is 18.2. The van der Waals surface area contributed by atoms with Crippen LogP contribution in [0.5, 0.6) is 0 Å². The van der Waals surface area contributed by atoms with Crippen LogP contribution in [0.2, 0.25) is 0 Å². The van der Waals surface area contributed by atoms with E-state index in [4.69, 9.17) is 4.74 Å². The molecule has 2 aromatic rings. The van der Waals surface area contributed by atoms with Crippen LogP contribution in [0.25, 0.3) is 11.1 Å². The number of carbonyl (C=O) groups excluding carboxylic acids is 2. The highest BCUT2D eigenvalue weighted by Gasteiger charge is 2.25. The number of methoxy groups -OCH3 is 1. The molecule has 24 heavy (non-hydrogen) atoms. The lowest BCUT2D eigenvalue weighted by Gasteiger charge is -2.09. The topological polar surface area (TPSA) is 55.4 Å². The fraction of sp³-hybridized carbons (Fsp3) is 0.368. The number of carbonyl (C=O) groups is 2. The molecular weight excluding hydrogens is 322 g/mol. The van der Waals surface area contributed by atoms with Crippen molar-refractivity contribution < 1.29 is 14.3 Å². The van der Waals surface area contributed by atoms with E-state index in [2.05, 4.69) is 5.32 Å². The summed E-state index contributed by atoms with van der Waals surface area (Å²) in [6.45, 7) is 7.93. The molecular formula is C19H23NO3S. The van der Waals surface area contributed by atoms with Gasteiger partial charge in [0.2, 0.25) is 5.91 Å². The molecule has 5 heteroatoms. The van der Waals surface area contributed by atoms with Crippen LogP contribution in [0, 0.1) is 19.8 Å². The molecule has 128 valence electrons. The van der Waals surface area contributed by atoms with Crippen molar-refractivity contribution in [3.63, 3.8) is 0 Å². The number of anilines is 1. The monoisotopic (exact) mass is 345 g/mol. The second kappa shape index (κ2) is 7.62. The average molecular weight is 345 g/mol. The summed E-state index contributed by atoms with van der Waals surface area (Å²) < 4.78 is 4.96. The SMILES string of the molecule is COC(=O)c1c(NC(=O)CC(C)C)sc(C)c1-c1ccc(C)cc1. The third-order valence-corrected chi connectivity index (χ3v) is 4.68. The van der Waals surface area contributed by atoms with Crippen molar-refractivity contribution in [3.8, 4) is 11.1 Å². The van der Waals surface area contributed by atoms with Gasteiger partial charge in [-0.1, -0.05) is 43.7 Å². The fourth-order valence-corrected chi connectivity index (χ4v) is 3.63. The second-order valence-corrected chi connectivity index (χ2v) is 7.47. The Kier molecular flexibility index (Phi) is 5.78. The molecule has 0 saturated carbocycles. The lowest BCUT2D eigenvalue weighted by molar-refractivity contribution is -0.116. The molecule has 0 atom stereocenters. The van der Waals surface area contributed by atoms with E-state index in [1.165, 1.54) is 18.4 Å². The zero-order valence-electron chi connectivity index (χ0n) is 14.7. The Morgan fingerprint density at radius 2 is 1.79 bits per heavy atom. The molecule has 0 aliphatic heterocycles. The summed E-state index contributed by atoms with van der Waals surface area (Å²) in [7, 11) is 1.36. The first-order valence-corrected chi connectivity index (χ1v) is 8.73. The maximum atomic E-state index is 12.3. The van der Waals surface area contributed by atoms with Crippen LogP contribution in [-0.4, -0.2) is 19.0 Å². The number of benzene rings is 1. The van der Waals surface area contributed by atoms with Gasteiger partial charge in [0.15, 0.2) is 0 Å². The van der Waals surface area contributed by atoms with Crippen molar-refractivity contribution in [2.75, 3.05) is 12.4 Å². The Morgan fingerprint density at radius 3 is 2.33 bits per heavy atom. The molecule has 0 aliphatic rings. The third-order valence-electron chi connectivity index (χ3n) is 3.66. The third kappa shape index (κ3) is 4.03. The van der Waals surface area contributed by atoms with Gasteiger partial charge in [-0.25, -0.2) is 4.79 Å². The summed E-state index contributed by atoms with van der Waals surface area (Å²) in [5, 5.41) is 3.43. The predicted molar refractivity (Wildman–Crippen MR) is 98.7 cm³/mol. The minimum atomic E-state index is -0.435. The molecule has 1 heterocycles. The summed E-state index contributed by atoms with van der Waals surface area (Å²) >= 11 is 1.41. The number of rotatable bonds is 5. The average Bonchev–Trinajstić information content (AvgIpc) is 2.82. The van der Waals surface area contributed by atoms with E-state index in [9.17, 15) is 9.59 Å². The number of hydrogen-bond acceptors (Lipinski definition) is 4. The van der Waals surface area contributed by atoms with Gasteiger partial charge < -0.3 is 10.1 Å². The quantitative estimate of drug-likeness (QED) is 0.792. The molecule has 0 aliphatic carbocycles. The zero-order chi connectivity index (χ0) is 17.9. The molecule has 0 unspecified atom stereocenters. The Morgan fingerprint density at radius 1 is 1.17 bits per heavy atom. The molecule has 2 rings (SSSR count). The van der Waals surface area contributed by atoms with Crippen LogP contribution in [0.1, 0.15) is 41.1 Å². The molecule has 1 amide bonds. The Labute approximate surface area is 146 Å². The highest BCUT2D eigenvalue weighted by molar-refractivity contribution is 7.17. The molecule has 0 bridgehead atoms. The maximum Gasteiger partial charge on any atom is 0.341 e. The number of ether oxygens (including phenoxy) is 1. The summed E-state index contributed by atoms with van der Waals surface area (Å²) in [6, 6.07) is 7.97. The number of aryl methyl sites for hydroxylation is 2. The smallest absolute Gasteiger partial charge is 0.341 e. The molecule has 0 radical (unpaired) electrons. The highest BCUT2D eigenvalue weighted by atomic mass is 32.1. The maximum absolute atomic E-state index is 12.3. The van der Waals surface area contributed by atoms with E-state index in [1.807, 2.05) is 52.0 Å². The summed E-state index contributed by atoms with van der Waals surface area (Å²) in [6.07, 6.45) is 0.414. The number of amides is 1. The van der Waals surface area contributed by atoms with Crippen LogP contribution in [0.3, 0.4) is 0 Å². The number of esters is 1. The molecule has 4 nitrogen and oxygen atoms in total. The predicted octanol–water partition coefficient (Wildman–Crippen LogP) is 4.80. The molecule has 0 spiro atoms. The molecule has 1 aromatic heterocycles. The van der Waals surface area contributed by atoms with Crippen LogP contribution in [-0.2, 0) is 9.53 Å². The highest BCUT2D eigenvalue weighted by Crippen LogP contribution is 2.40. The molecule has 1 aromatic carbocycles. The first-order valence-electron chi connectivity index (χ1n) is 7.92. The van der Waals surface area contributed by atoms with E-state index in [0.29, 0.717) is 17.0 Å². The molecule has 0 saturated heterocycles. The summed E-state index contributed by atoms with van der Waals surface area (Å²) in [5.74, 6) is -0.272. The number of thiophene rings is 1. The van der Waals surface area contributed by atoms with E-state index in [0.717, 1.165) is 21.6 Å². The summed E-state index contributed by atoms with van der Waals surface area (Å²) in [5.41, 5.74) is 3.35. The van der Waals surface area contributed by atoms with Gasteiger partial charge in [0.25, 0.3) is 0 Å². The van der Waals surface area contributed by atoms with Crippen LogP contribution < -0.4 is 5.32 Å². The van der Waals surface area contributed by atoms with Crippen LogP contribution >= 0.6 is 11.3 Å². The van der Waals surface area contributed by atoms with Crippen molar-refractivity contribution in [1.29, 1.82) is 0 Å². The Hall–Kier alpha value is -2.14. The van der Waals surface area contributed by atoms with Gasteiger partial charge in [-0.3, -0.25) is 4.79 Å². The largest absolute Gasteiger partial charge is 0.465 e.